The molecule has 0 atom stereocenters. The van der Waals surface area contributed by atoms with E-state index in [-0.39, 0.29) is 0 Å². The van der Waals surface area contributed by atoms with Crippen LogP contribution in [0.25, 0.3) is 10.9 Å². The average Bonchev–Trinajstić information content (AvgIpc) is 2.46. The predicted molar refractivity (Wildman–Crippen MR) is 87.7 cm³/mol. The van der Waals surface area contributed by atoms with Gasteiger partial charge in [-0.25, -0.2) is 18.4 Å². The molecular formula is C15H14N4O2S. The number of para-hydroxylation sites is 1. The maximum absolute atomic E-state index is 11.3. The Morgan fingerprint density at radius 3 is 2.55 bits per heavy atom. The van der Waals surface area contributed by atoms with E-state index in [1.54, 1.807) is 18.2 Å². The van der Waals surface area contributed by atoms with E-state index in [4.69, 9.17) is 0 Å². The van der Waals surface area contributed by atoms with Crippen molar-refractivity contribution in [1.29, 1.82) is 0 Å². The molecule has 112 valence electrons. The zero-order chi connectivity index (χ0) is 15.6. The molecule has 0 bridgehead atoms. The Kier molecular flexibility index (Phi) is 3.64. The first kappa shape index (κ1) is 14.3. The van der Waals surface area contributed by atoms with Crippen LogP contribution in [0.15, 0.2) is 54.9 Å². The Bertz CT molecular complexity index is 920. The fourth-order valence-corrected chi connectivity index (χ4v) is 2.67. The number of anilines is 3. The van der Waals surface area contributed by atoms with Gasteiger partial charge < -0.3 is 5.32 Å². The Morgan fingerprint density at radius 2 is 1.73 bits per heavy atom. The zero-order valence-corrected chi connectivity index (χ0v) is 12.6. The summed E-state index contributed by atoms with van der Waals surface area (Å²) in [6.45, 7) is 0. The number of rotatable bonds is 4. The van der Waals surface area contributed by atoms with Gasteiger partial charge in [0.05, 0.1) is 17.5 Å². The van der Waals surface area contributed by atoms with Crippen LogP contribution in [0.2, 0.25) is 0 Å². The summed E-state index contributed by atoms with van der Waals surface area (Å²) in [5.74, 6) is 0.669. The number of nitrogens with zero attached hydrogens (tertiary/aromatic N) is 2. The summed E-state index contributed by atoms with van der Waals surface area (Å²) in [5.41, 5.74) is 2.06. The van der Waals surface area contributed by atoms with Crippen molar-refractivity contribution in [2.45, 2.75) is 0 Å². The van der Waals surface area contributed by atoms with Crippen LogP contribution in [0.3, 0.4) is 0 Å². The maximum Gasteiger partial charge on any atom is 0.229 e. The molecule has 0 aliphatic carbocycles. The predicted octanol–water partition coefficient (Wildman–Crippen LogP) is 2.74. The van der Waals surface area contributed by atoms with Crippen molar-refractivity contribution < 1.29 is 8.42 Å². The van der Waals surface area contributed by atoms with E-state index in [2.05, 4.69) is 20.0 Å². The number of hydrogen-bond acceptors (Lipinski definition) is 5. The molecular weight excluding hydrogens is 300 g/mol. The molecule has 1 heterocycles. The van der Waals surface area contributed by atoms with Gasteiger partial charge in [0.15, 0.2) is 0 Å². The quantitative estimate of drug-likeness (QED) is 0.773. The van der Waals surface area contributed by atoms with E-state index in [1.807, 2.05) is 30.3 Å². The Labute approximate surface area is 128 Å². The number of aromatic nitrogens is 2. The van der Waals surface area contributed by atoms with Crippen LogP contribution in [0.5, 0.6) is 0 Å². The lowest BCUT2D eigenvalue weighted by molar-refractivity contribution is 0.607. The Morgan fingerprint density at radius 1 is 0.955 bits per heavy atom. The largest absolute Gasteiger partial charge is 0.340 e. The van der Waals surface area contributed by atoms with Crippen LogP contribution in [-0.4, -0.2) is 24.6 Å². The highest BCUT2D eigenvalue weighted by Crippen LogP contribution is 2.24. The molecule has 3 rings (SSSR count). The number of hydrogen-bond donors (Lipinski definition) is 2. The van der Waals surface area contributed by atoms with E-state index in [9.17, 15) is 8.42 Å². The first-order valence-corrected chi connectivity index (χ1v) is 8.45. The van der Waals surface area contributed by atoms with Crippen LogP contribution in [0.4, 0.5) is 17.2 Å². The van der Waals surface area contributed by atoms with Crippen molar-refractivity contribution in [1.82, 2.24) is 9.97 Å². The number of nitrogens with one attached hydrogen (secondary N) is 2. The van der Waals surface area contributed by atoms with Gasteiger partial charge in [-0.05, 0) is 30.3 Å². The van der Waals surface area contributed by atoms with Crippen molar-refractivity contribution in [2.24, 2.45) is 0 Å². The van der Waals surface area contributed by atoms with Crippen LogP contribution >= 0.6 is 0 Å². The molecule has 7 heteroatoms. The fourth-order valence-electron chi connectivity index (χ4n) is 2.12. The molecule has 0 fully saturated rings. The molecule has 0 spiro atoms. The summed E-state index contributed by atoms with van der Waals surface area (Å²) < 4.78 is 25.0. The van der Waals surface area contributed by atoms with Gasteiger partial charge in [-0.15, -0.1) is 0 Å². The molecule has 0 radical (unpaired) electrons. The zero-order valence-electron chi connectivity index (χ0n) is 11.8. The monoisotopic (exact) mass is 314 g/mol. The van der Waals surface area contributed by atoms with Gasteiger partial charge in [0.1, 0.15) is 12.1 Å². The van der Waals surface area contributed by atoms with Crippen molar-refractivity contribution >= 4 is 38.1 Å². The van der Waals surface area contributed by atoms with Gasteiger partial charge in [0, 0.05) is 11.1 Å². The second kappa shape index (κ2) is 5.61. The van der Waals surface area contributed by atoms with Crippen molar-refractivity contribution in [3.63, 3.8) is 0 Å². The molecule has 0 aliphatic rings. The third kappa shape index (κ3) is 3.32. The van der Waals surface area contributed by atoms with E-state index in [0.717, 1.165) is 22.8 Å². The minimum atomic E-state index is -3.30. The van der Waals surface area contributed by atoms with Gasteiger partial charge in [-0.1, -0.05) is 18.2 Å². The topological polar surface area (TPSA) is 84.0 Å². The van der Waals surface area contributed by atoms with Crippen LogP contribution < -0.4 is 10.0 Å². The summed E-state index contributed by atoms with van der Waals surface area (Å²) in [6, 6.07) is 14.7. The van der Waals surface area contributed by atoms with E-state index < -0.39 is 10.0 Å². The molecule has 0 aliphatic heterocycles. The molecule has 1 aromatic heterocycles. The maximum atomic E-state index is 11.3. The molecule has 0 saturated carbocycles. The van der Waals surface area contributed by atoms with Crippen molar-refractivity contribution in [2.75, 3.05) is 16.3 Å². The number of benzene rings is 2. The highest BCUT2D eigenvalue weighted by atomic mass is 32.2. The fraction of sp³-hybridized carbons (Fsp3) is 0.0667. The van der Waals surface area contributed by atoms with Gasteiger partial charge in [0.2, 0.25) is 10.0 Å². The second-order valence-corrected chi connectivity index (χ2v) is 6.57. The van der Waals surface area contributed by atoms with E-state index in [1.165, 1.54) is 6.33 Å². The third-order valence-electron chi connectivity index (χ3n) is 2.97. The first-order chi connectivity index (χ1) is 10.5. The number of sulfonamides is 1. The summed E-state index contributed by atoms with van der Waals surface area (Å²) in [7, 11) is -3.30. The number of fused-ring (bicyclic) bond motifs is 1. The molecule has 3 aromatic rings. The van der Waals surface area contributed by atoms with Crippen molar-refractivity contribution in [3.05, 3.63) is 54.9 Å². The molecule has 6 nitrogen and oxygen atoms in total. The second-order valence-electron chi connectivity index (χ2n) is 4.82. The normalized spacial score (nSPS) is 11.3. The van der Waals surface area contributed by atoms with E-state index in [0.29, 0.717) is 11.5 Å². The van der Waals surface area contributed by atoms with Crippen LogP contribution in [-0.2, 0) is 10.0 Å². The van der Waals surface area contributed by atoms with Gasteiger partial charge in [0.25, 0.3) is 0 Å². The standard InChI is InChI=1S/C15H14N4O2S/c1-22(20,21)19-12-6-4-5-11(9-12)18-15-13-7-2-3-8-14(13)16-10-17-15/h2-10,19H,1H3,(H,16,17,18). The Balaban J connectivity index is 1.94. The minimum Gasteiger partial charge on any atom is -0.340 e. The highest BCUT2D eigenvalue weighted by molar-refractivity contribution is 7.92. The SMILES string of the molecule is CS(=O)(=O)Nc1cccc(Nc2ncnc3ccccc23)c1. The first-order valence-electron chi connectivity index (χ1n) is 6.56. The Hall–Kier alpha value is -2.67. The van der Waals surface area contributed by atoms with Gasteiger partial charge in [-0.3, -0.25) is 4.72 Å². The average molecular weight is 314 g/mol. The smallest absolute Gasteiger partial charge is 0.229 e. The summed E-state index contributed by atoms with van der Waals surface area (Å²) in [4.78, 5) is 8.45. The summed E-state index contributed by atoms with van der Waals surface area (Å²) >= 11 is 0. The van der Waals surface area contributed by atoms with Crippen molar-refractivity contribution in [3.8, 4) is 0 Å². The van der Waals surface area contributed by atoms with Crippen LogP contribution in [0, 0.1) is 0 Å². The highest BCUT2D eigenvalue weighted by Gasteiger charge is 2.05. The molecule has 2 aromatic carbocycles. The van der Waals surface area contributed by atoms with Gasteiger partial charge >= 0.3 is 0 Å². The molecule has 0 saturated heterocycles. The summed E-state index contributed by atoms with van der Waals surface area (Å²) in [6.07, 6.45) is 2.61. The minimum absolute atomic E-state index is 0.492. The lowest BCUT2D eigenvalue weighted by atomic mass is 10.2. The molecule has 0 unspecified atom stereocenters. The lowest BCUT2D eigenvalue weighted by Crippen LogP contribution is -2.09. The lowest BCUT2D eigenvalue weighted by Gasteiger charge is -2.10. The summed E-state index contributed by atoms with van der Waals surface area (Å²) in [5, 5.41) is 4.08. The van der Waals surface area contributed by atoms with Crippen LogP contribution in [0.1, 0.15) is 0 Å². The molecule has 2 N–H and O–H groups in total. The van der Waals surface area contributed by atoms with Gasteiger partial charge in [-0.2, -0.15) is 0 Å². The molecule has 22 heavy (non-hydrogen) atoms. The molecule has 0 amide bonds. The van der Waals surface area contributed by atoms with E-state index >= 15 is 0 Å². The third-order valence-corrected chi connectivity index (χ3v) is 3.58.